The third-order valence-electron chi connectivity index (χ3n) is 3.66. The summed E-state index contributed by atoms with van der Waals surface area (Å²) in [6, 6.07) is 12.5. The van der Waals surface area contributed by atoms with Gasteiger partial charge in [-0.05, 0) is 23.2 Å². The number of nitrogens with zero attached hydrogens (tertiary/aromatic N) is 2. The van der Waals surface area contributed by atoms with Gasteiger partial charge in [0.15, 0.2) is 0 Å². The second-order valence-corrected chi connectivity index (χ2v) is 5.28. The molecule has 1 heterocycles. The molecule has 1 aromatic heterocycles. The summed E-state index contributed by atoms with van der Waals surface area (Å²) in [5.41, 5.74) is 7.89. The Hall–Kier alpha value is -2.84. The zero-order chi connectivity index (χ0) is 17.1. The molecule has 0 spiro atoms. The van der Waals surface area contributed by atoms with Crippen molar-refractivity contribution in [1.29, 1.82) is 0 Å². The monoisotopic (exact) mass is 324 g/mol. The van der Waals surface area contributed by atoms with Crippen molar-refractivity contribution in [2.45, 2.75) is 6.54 Å². The summed E-state index contributed by atoms with van der Waals surface area (Å²) >= 11 is 0. The molecular formula is C16H17BN4O3. The number of nitrogens with two attached hydrogens (primary N) is 1. The highest BCUT2D eigenvalue weighted by molar-refractivity contribution is 6.58. The summed E-state index contributed by atoms with van der Waals surface area (Å²) in [6.07, 6.45) is 0. The van der Waals surface area contributed by atoms with Crippen molar-refractivity contribution >= 4 is 35.3 Å². The van der Waals surface area contributed by atoms with E-state index in [1.165, 1.54) is 0 Å². The van der Waals surface area contributed by atoms with Crippen LogP contribution in [-0.4, -0.2) is 34.2 Å². The van der Waals surface area contributed by atoms with Gasteiger partial charge in [-0.15, -0.1) is 0 Å². The maximum Gasteiger partial charge on any atom is 0.488 e. The maximum absolute atomic E-state index is 9.11. The van der Waals surface area contributed by atoms with E-state index in [1.54, 1.807) is 25.3 Å². The van der Waals surface area contributed by atoms with Crippen LogP contribution in [-0.2, 0) is 6.54 Å². The Morgan fingerprint density at radius 2 is 1.88 bits per heavy atom. The first-order valence-electron chi connectivity index (χ1n) is 7.37. The topological polar surface area (TPSA) is 114 Å². The molecule has 0 aliphatic rings. The Kier molecular flexibility index (Phi) is 4.50. The number of hydrogen-bond donors (Lipinski definition) is 4. The summed E-state index contributed by atoms with van der Waals surface area (Å²) in [6.45, 7) is 0.513. The van der Waals surface area contributed by atoms with Crippen molar-refractivity contribution in [3.05, 3.63) is 48.0 Å². The number of rotatable bonds is 5. The molecule has 5 N–H and O–H groups in total. The quantitative estimate of drug-likeness (QED) is 0.506. The van der Waals surface area contributed by atoms with Crippen LogP contribution in [0.5, 0.6) is 5.75 Å². The fourth-order valence-corrected chi connectivity index (χ4v) is 2.38. The van der Waals surface area contributed by atoms with Crippen molar-refractivity contribution in [3.63, 3.8) is 0 Å². The minimum atomic E-state index is -1.47. The predicted octanol–water partition coefficient (Wildman–Crippen LogP) is 0.512. The average molecular weight is 324 g/mol. The van der Waals surface area contributed by atoms with E-state index in [2.05, 4.69) is 15.3 Å². The Balaban J connectivity index is 1.84. The number of benzene rings is 2. The van der Waals surface area contributed by atoms with E-state index in [-0.39, 0.29) is 5.95 Å². The standard InChI is InChI=1S/C16H17BN4O3/c1-24-12-6-7-13-14(8-12)20-16(18)21-15(13)19-9-10-2-4-11(5-3-10)17(22)23/h2-8,22-23H,9H2,1H3,(H3,18,19,20,21). The number of methoxy groups -OCH3 is 1. The van der Waals surface area contributed by atoms with E-state index in [1.807, 2.05) is 24.3 Å². The molecule has 3 aromatic rings. The Bertz CT molecular complexity index is 856. The van der Waals surface area contributed by atoms with Crippen LogP contribution in [0.15, 0.2) is 42.5 Å². The molecule has 0 atom stereocenters. The number of aromatic nitrogens is 2. The maximum atomic E-state index is 9.11. The zero-order valence-corrected chi connectivity index (χ0v) is 13.1. The van der Waals surface area contributed by atoms with Gasteiger partial charge >= 0.3 is 7.12 Å². The van der Waals surface area contributed by atoms with Gasteiger partial charge in [-0.25, -0.2) is 4.98 Å². The molecule has 0 saturated heterocycles. The lowest BCUT2D eigenvalue weighted by Gasteiger charge is -2.11. The molecule has 2 aromatic carbocycles. The van der Waals surface area contributed by atoms with E-state index in [4.69, 9.17) is 20.5 Å². The van der Waals surface area contributed by atoms with Crippen LogP contribution in [0.1, 0.15) is 5.56 Å². The van der Waals surface area contributed by atoms with Crippen molar-refractivity contribution < 1.29 is 14.8 Å². The Labute approximate surface area is 139 Å². The van der Waals surface area contributed by atoms with Gasteiger partial charge in [-0.2, -0.15) is 4.98 Å². The average Bonchev–Trinajstić information content (AvgIpc) is 2.59. The van der Waals surface area contributed by atoms with Crippen molar-refractivity contribution in [2.75, 3.05) is 18.2 Å². The number of hydrogen-bond acceptors (Lipinski definition) is 7. The first kappa shape index (κ1) is 16.0. The van der Waals surface area contributed by atoms with Crippen LogP contribution < -0.4 is 21.3 Å². The van der Waals surface area contributed by atoms with Crippen molar-refractivity contribution in [3.8, 4) is 5.75 Å². The number of fused-ring (bicyclic) bond motifs is 1. The van der Waals surface area contributed by atoms with E-state index >= 15 is 0 Å². The summed E-state index contributed by atoms with van der Waals surface area (Å²) in [5.74, 6) is 1.51. The zero-order valence-electron chi connectivity index (χ0n) is 13.1. The minimum absolute atomic E-state index is 0.178. The molecule has 0 aliphatic heterocycles. The van der Waals surface area contributed by atoms with Gasteiger partial charge in [0, 0.05) is 18.0 Å². The van der Waals surface area contributed by atoms with E-state index in [0.717, 1.165) is 10.9 Å². The van der Waals surface area contributed by atoms with Gasteiger partial charge in [0.05, 0.1) is 12.6 Å². The largest absolute Gasteiger partial charge is 0.497 e. The highest BCUT2D eigenvalue weighted by atomic mass is 16.5. The van der Waals surface area contributed by atoms with E-state index in [9.17, 15) is 0 Å². The number of nitrogen functional groups attached to an aromatic ring is 1. The molecule has 0 fully saturated rings. The van der Waals surface area contributed by atoms with Gasteiger partial charge < -0.3 is 25.8 Å². The van der Waals surface area contributed by atoms with Crippen LogP contribution in [0.3, 0.4) is 0 Å². The van der Waals surface area contributed by atoms with Crippen LogP contribution in [0.25, 0.3) is 10.9 Å². The third-order valence-corrected chi connectivity index (χ3v) is 3.66. The lowest BCUT2D eigenvalue weighted by atomic mass is 9.80. The van der Waals surface area contributed by atoms with Gasteiger partial charge in [0.25, 0.3) is 0 Å². The van der Waals surface area contributed by atoms with Gasteiger partial charge in [0.2, 0.25) is 5.95 Å². The van der Waals surface area contributed by atoms with E-state index in [0.29, 0.717) is 29.1 Å². The lowest BCUT2D eigenvalue weighted by Crippen LogP contribution is -2.29. The second kappa shape index (κ2) is 6.73. The molecule has 0 unspecified atom stereocenters. The number of nitrogens with one attached hydrogen (secondary N) is 1. The second-order valence-electron chi connectivity index (χ2n) is 5.28. The van der Waals surface area contributed by atoms with Crippen molar-refractivity contribution in [1.82, 2.24) is 9.97 Å². The van der Waals surface area contributed by atoms with Crippen LogP contribution in [0.4, 0.5) is 11.8 Å². The fourth-order valence-electron chi connectivity index (χ4n) is 2.38. The minimum Gasteiger partial charge on any atom is -0.497 e. The summed E-state index contributed by atoms with van der Waals surface area (Å²) < 4.78 is 5.20. The molecule has 8 heteroatoms. The first-order valence-corrected chi connectivity index (χ1v) is 7.37. The van der Waals surface area contributed by atoms with E-state index < -0.39 is 7.12 Å². The van der Waals surface area contributed by atoms with Gasteiger partial charge in [-0.3, -0.25) is 0 Å². The molecule has 0 aliphatic carbocycles. The molecule has 0 radical (unpaired) electrons. The fraction of sp³-hybridized carbons (Fsp3) is 0.125. The molecule has 7 nitrogen and oxygen atoms in total. The smallest absolute Gasteiger partial charge is 0.488 e. The lowest BCUT2D eigenvalue weighted by molar-refractivity contribution is 0.415. The molecular weight excluding hydrogens is 307 g/mol. The Morgan fingerprint density at radius 1 is 1.12 bits per heavy atom. The normalized spacial score (nSPS) is 10.6. The van der Waals surface area contributed by atoms with Crippen LogP contribution in [0.2, 0.25) is 0 Å². The SMILES string of the molecule is COc1ccc2c(NCc3ccc(B(O)O)cc3)nc(N)nc2c1. The molecule has 0 amide bonds. The van der Waals surface area contributed by atoms with Crippen LogP contribution in [0, 0.1) is 0 Å². The number of anilines is 2. The molecule has 3 rings (SSSR count). The third kappa shape index (κ3) is 3.39. The predicted molar refractivity (Wildman–Crippen MR) is 94.1 cm³/mol. The number of ether oxygens (including phenoxy) is 1. The summed E-state index contributed by atoms with van der Waals surface area (Å²) in [7, 11) is 0.130. The highest BCUT2D eigenvalue weighted by Crippen LogP contribution is 2.25. The molecule has 0 saturated carbocycles. The Morgan fingerprint density at radius 3 is 2.54 bits per heavy atom. The van der Waals surface area contributed by atoms with Crippen LogP contribution >= 0.6 is 0 Å². The summed E-state index contributed by atoms with van der Waals surface area (Å²) in [5, 5.41) is 22.3. The van der Waals surface area contributed by atoms with Gasteiger partial charge in [-0.1, -0.05) is 24.3 Å². The molecule has 24 heavy (non-hydrogen) atoms. The first-order chi connectivity index (χ1) is 11.6. The van der Waals surface area contributed by atoms with Crippen molar-refractivity contribution in [2.24, 2.45) is 0 Å². The molecule has 0 bridgehead atoms. The molecule has 122 valence electrons. The summed E-state index contributed by atoms with van der Waals surface area (Å²) in [4.78, 5) is 8.47. The van der Waals surface area contributed by atoms with Gasteiger partial charge in [0.1, 0.15) is 11.6 Å². The highest BCUT2D eigenvalue weighted by Gasteiger charge is 2.10.